The number of nitro benzene ring substituents is 1. The largest absolute Gasteiger partial charge is 0.396 e. The van der Waals surface area contributed by atoms with Crippen LogP contribution in [0.2, 0.25) is 0 Å². The molecule has 0 radical (unpaired) electrons. The number of benzene rings is 1. The molecule has 0 saturated carbocycles. The van der Waals surface area contributed by atoms with Crippen molar-refractivity contribution in [3.05, 3.63) is 46.0 Å². The fourth-order valence-electron chi connectivity index (χ4n) is 1.67. The molecule has 20 heavy (non-hydrogen) atoms. The molecule has 1 aromatic carbocycles. The highest BCUT2D eigenvalue weighted by molar-refractivity contribution is 5.91. The van der Waals surface area contributed by atoms with E-state index in [1.807, 2.05) is 6.92 Å². The van der Waals surface area contributed by atoms with Gasteiger partial charge in [-0.3, -0.25) is 14.9 Å². The van der Waals surface area contributed by atoms with Crippen molar-refractivity contribution < 1.29 is 14.8 Å². The highest BCUT2D eigenvalue weighted by Gasteiger charge is 2.07. The first-order chi connectivity index (χ1) is 9.58. The lowest BCUT2D eigenvalue weighted by atomic mass is 10.2. The van der Waals surface area contributed by atoms with Crippen LogP contribution in [-0.4, -0.2) is 40.5 Å². The minimum Gasteiger partial charge on any atom is -0.396 e. The van der Waals surface area contributed by atoms with Crippen LogP contribution >= 0.6 is 0 Å². The first kappa shape index (κ1) is 15.8. The molecule has 1 amide bonds. The molecule has 1 N–H and O–H groups in total. The Morgan fingerprint density at radius 2 is 2.05 bits per heavy atom. The van der Waals surface area contributed by atoms with E-state index < -0.39 is 4.92 Å². The predicted octanol–water partition coefficient (Wildman–Crippen LogP) is 1.84. The molecule has 1 aromatic rings. The van der Waals surface area contributed by atoms with Gasteiger partial charge in [0.1, 0.15) is 0 Å². The SMILES string of the molecule is CCN(CCCO)C(=O)/C=C/c1ccc([N+](=O)[O-])cc1. The van der Waals surface area contributed by atoms with Crippen LogP contribution in [0.3, 0.4) is 0 Å². The molecular weight excluding hydrogens is 260 g/mol. The summed E-state index contributed by atoms with van der Waals surface area (Å²) in [5, 5.41) is 19.3. The van der Waals surface area contributed by atoms with Gasteiger partial charge in [-0.1, -0.05) is 0 Å². The number of likely N-dealkylation sites (N-methyl/N-ethyl adjacent to an activating group) is 1. The Morgan fingerprint density at radius 1 is 1.40 bits per heavy atom. The zero-order chi connectivity index (χ0) is 15.0. The number of hydrogen-bond acceptors (Lipinski definition) is 4. The quantitative estimate of drug-likeness (QED) is 0.468. The van der Waals surface area contributed by atoms with Gasteiger partial charge in [-0.2, -0.15) is 0 Å². The monoisotopic (exact) mass is 278 g/mol. The topological polar surface area (TPSA) is 83.7 Å². The highest BCUT2D eigenvalue weighted by atomic mass is 16.6. The van der Waals surface area contributed by atoms with E-state index in [-0.39, 0.29) is 18.2 Å². The molecule has 0 aliphatic carbocycles. The first-order valence-electron chi connectivity index (χ1n) is 6.40. The van der Waals surface area contributed by atoms with Gasteiger partial charge in [0.05, 0.1) is 4.92 Å². The summed E-state index contributed by atoms with van der Waals surface area (Å²) in [5.74, 6) is -0.140. The molecule has 0 fully saturated rings. The van der Waals surface area contributed by atoms with Crippen LogP contribution in [0.1, 0.15) is 18.9 Å². The molecule has 0 saturated heterocycles. The second-order valence-electron chi connectivity index (χ2n) is 4.18. The Kier molecular flexibility index (Phi) is 6.39. The molecule has 0 spiro atoms. The lowest BCUT2D eigenvalue weighted by molar-refractivity contribution is -0.384. The second kappa shape index (κ2) is 8.06. The van der Waals surface area contributed by atoms with Crippen LogP contribution in [0.5, 0.6) is 0 Å². The van der Waals surface area contributed by atoms with Crippen molar-refractivity contribution in [2.24, 2.45) is 0 Å². The number of rotatable bonds is 7. The lowest BCUT2D eigenvalue weighted by Gasteiger charge is -2.18. The molecule has 0 heterocycles. The summed E-state index contributed by atoms with van der Waals surface area (Å²) >= 11 is 0. The van der Waals surface area contributed by atoms with Gasteiger partial charge in [-0.05, 0) is 37.1 Å². The van der Waals surface area contributed by atoms with E-state index in [9.17, 15) is 14.9 Å². The molecule has 1 rings (SSSR count). The molecule has 108 valence electrons. The van der Waals surface area contributed by atoms with Crippen LogP contribution in [0.4, 0.5) is 5.69 Å². The average Bonchev–Trinajstić information content (AvgIpc) is 2.46. The Morgan fingerprint density at radius 3 is 2.55 bits per heavy atom. The molecule has 0 unspecified atom stereocenters. The minimum atomic E-state index is -0.466. The maximum Gasteiger partial charge on any atom is 0.269 e. The number of nitro groups is 1. The third kappa shape index (κ3) is 4.81. The van der Waals surface area contributed by atoms with Crippen molar-refractivity contribution in [2.45, 2.75) is 13.3 Å². The number of aliphatic hydroxyl groups excluding tert-OH is 1. The number of hydrogen-bond donors (Lipinski definition) is 1. The number of aliphatic hydroxyl groups is 1. The second-order valence-corrected chi connectivity index (χ2v) is 4.18. The number of carbonyl (C=O) groups excluding carboxylic acids is 1. The van der Waals surface area contributed by atoms with Crippen molar-refractivity contribution in [1.29, 1.82) is 0 Å². The molecule has 6 heteroatoms. The van der Waals surface area contributed by atoms with E-state index in [4.69, 9.17) is 5.11 Å². The minimum absolute atomic E-state index is 0.0200. The third-order valence-electron chi connectivity index (χ3n) is 2.80. The van der Waals surface area contributed by atoms with Crippen LogP contribution in [-0.2, 0) is 4.79 Å². The van der Waals surface area contributed by atoms with Gasteiger partial charge in [0.25, 0.3) is 5.69 Å². The number of amides is 1. The molecule has 0 aromatic heterocycles. The highest BCUT2D eigenvalue weighted by Crippen LogP contribution is 2.13. The predicted molar refractivity (Wildman–Crippen MR) is 76.1 cm³/mol. The van der Waals surface area contributed by atoms with E-state index in [1.165, 1.54) is 18.2 Å². The zero-order valence-electron chi connectivity index (χ0n) is 11.4. The number of carbonyl (C=O) groups is 1. The molecule has 0 aliphatic rings. The summed E-state index contributed by atoms with van der Waals surface area (Å²) in [5.41, 5.74) is 0.744. The van der Waals surface area contributed by atoms with Crippen molar-refractivity contribution in [3.63, 3.8) is 0 Å². The van der Waals surface area contributed by atoms with Crippen molar-refractivity contribution >= 4 is 17.7 Å². The summed E-state index contributed by atoms with van der Waals surface area (Å²) in [6.45, 7) is 3.00. The van der Waals surface area contributed by atoms with Gasteiger partial charge in [0, 0.05) is 37.9 Å². The van der Waals surface area contributed by atoms with Crippen molar-refractivity contribution in [3.8, 4) is 0 Å². The third-order valence-corrected chi connectivity index (χ3v) is 2.80. The number of nitrogens with zero attached hydrogens (tertiary/aromatic N) is 2. The van der Waals surface area contributed by atoms with E-state index >= 15 is 0 Å². The van der Waals surface area contributed by atoms with Gasteiger partial charge in [0.2, 0.25) is 5.91 Å². The van der Waals surface area contributed by atoms with Gasteiger partial charge in [-0.25, -0.2) is 0 Å². The maximum absolute atomic E-state index is 11.9. The molecular formula is C14H18N2O4. The normalized spacial score (nSPS) is 10.7. The summed E-state index contributed by atoms with van der Waals surface area (Å²) in [6, 6.07) is 5.97. The Balaban J connectivity index is 2.66. The Hall–Kier alpha value is -2.21. The molecule has 0 bridgehead atoms. The van der Waals surface area contributed by atoms with E-state index in [2.05, 4.69) is 0 Å². The van der Waals surface area contributed by atoms with E-state index in [1.54, 1.807) is 23.1 Å². The van der Waals surface area contributed by atoms with Gasteiger partial charge in [0.15, 0.2) is 0 Å². The van der Waals surface area contributed by atoms with Gasteiger partial charge < -0.3 is 10.0 Å². The average molecular weight is 278 g/mol. The Labute approximate surface area is 117 Å². The Bertz CT molecular complexity index is 482. The molecule has 0 atom stereocenters. The van der Waals surface area contributed by atoms with E-state index in [0.717, 1.165) is 5.56 Å². The maximum atomic E-state index is 11.9. The molecule has 0 aliphatic heterocycles. The van der Waals surface area contributed by atoms with Crippen LogP contribution in [0.15, 0.2) is 30.3 Å². The lowest BCUT2D eigenvalue weighted by Crippen LogP contribution is -2.30. The first-order valence-corrected chi connectivity index (χ1v) is 6.40. The summed E-state index contributed by atoms with van der Waals surface area (Å²) in [6.07, 6.45) is 3.60. The van der Waals surface area contributed by atoms with E-state index in [0.29, 0.717) is 19.5 Å². The van der Waals surface area contributed by atoms with Crippen LogP contribution in [0, 0.1) is 10.1 Å². The molecule has 6 nitrogen and oxygen atoms in total. The fourth-order valence-corrected chi connectivity index (χ4v) is 1.67. The summed E-state index contributed by atoms with van der Waals surface area (Å²) < 4.78 is 0. The smallest absolute Gasteiger partial charge is 0.269 e. The van der Waals surface area contributed by atoms with Crippen molar-refractivity contribution in [2.75, 3.05) is 19.7 Å². The number of non-ortho nitro benzene ring substituents is 1. The fraction of sp³-hybridized carbons (Fsp3) is 0.357. The van der Waals surface area contributed by atoms with Gasteiger partial charge in [-0.15, -0.1) is 0 Å². The van der Waals surface area contributed by atoms with Crippen LogP contribution in [0.25, 0.3) is 6.08 Å². The standard InChI is InChI=1S/C14H18N2O4/c1-2-15(10-3-11-17)14(18)9-6-12-4-7-13(8-5-12)16(19)20/h4-9,17H,2-3,10-11H2,1H3/b9-6+. The zero-order valence-corrected chi connectivity index (χ0v) is 11.4. The van der Waals surface area contributed by atoms with Gasteiger partial charge >= 0.3 is 0 Å². The summed E-state index contributed by atoms with van der Waals surface area (Å²) in [7, 11) is 0. The van der Waals surface area contributed by atoms with Crippen LogP contribution < -0.4 is 0 Å². The summed E-state index contributed by atoms with van der Waals surface area (Å²) in [4.78, 5) is 23.5. The van der Waals surface area contributed by atoms with Crippen molar-refractivity contribution in [1.82, 2.24) is 4.90 Å².